The molecule has 1 saturated carbocycles. The molecule has 1 amide bonds. The van der Waals surface area contributed by atoms with Gasteiger partial charge in [-0.25, -0.2) is 0 Å². The number of rotatable bonds is 1. The number of likely N-dealkylation sites (tertiary alicyclic amines) is 1. The van der Waals surface area contributed by atoms with Gasteiger partial charge >= 0.3 is 0 Å². The minimum absolute atomic E-state index is 0.0403. The molecule has 1 saturated heterocycles. The SMILES string of the molecule is CC(C)(C)c1ccccc1C(=O)N1CC2CCC(O)C2C1. The molecule has 0 radical (unpaired) electrons. The summed E-state index contributed by atoms with van der Waals surface area (Å²) in [7, 11) is 0. The fraction of sp³-hybridized carbons (Fsp3) is 0.611. The van der Waals surface area contributed by atoms with Crippen LogP contribution in [0.2, 0.25) is 0 Å². The van der Waals surface area contributed by atoms with E-state index >= 15 is 0 Å². The zero-order chi connectivity index (χ0) is 15.2. The third-order valence-corrected chi connectivity index (χ3v) is 5.07. The highest BCUT2D eigenvalue weighted by Gasteiger charge is 2.43. The van der Waals surface area contributed by atoms with E-state index in [1.165, 1.54) is 0 Å². The van der Waals surface area contributed by atoms with Gasteiger partial charge in [-0.15, -0.1) is 0 Å². The number of hydrogen-bond donors (Lipinski definition) is 1. The molecule has 3 nitrogen and oxygen atoms in total. The summed E-state index contributed by atoms with van der Waals surface area (Å²) in [5.41, 5.74) is 1.88. The topological polar surface area (TPSA) is 40.5 Å². The van der Waals surface area contributed by atoms with Gasteiger partial charge in [-0.2, -0.15) is 0 Å². The van der Waals surface area contributed by atoms with E-state index < -0.39 is 0 Å². The van der Waals surface area contributed by atoms with Crippen molar-refractivity contribution in [1.82, 2.24) is 4.90 Å². The molecule has 2 aliphatic rings. The predicted octanol–water partition coefficient (Wildman–Crippen LogP) is 2.83. The number of fused-ring (bicyclic) bond motifs is 1. The summed E-state index contributed by atoms with van der Waals surface area (Å²) in [6.07, 6.45) is 1.73. The lowest BCUT2D eigenvalue weighted by Gasteiger charge is -2.25. The third kappa shape index (κ3) is 2.59. The van der Waals surface area contributed by atoms with Crippen LogP contribution in [0.3, 0.4) is 0 Å². The van der Waals surface area contributed by atoms with Crippen LogP contribution in [0.4, 0.5) is 0 Å². The molecule has 21 heavy (non-hydrogen) atoms. The lowest BCUT2D eigenvalue weighted by atomic mass is 9.83. The van der Waals surface area contributed by atoms with Gasteiger partial charge in [0, 0.05) is 24.6 Å². The van der Waals surface area contributed by atoms with E-state index in [-0.39, 0.29) is 23.3 Å². The lowest BCUT2D eigenvalue weighted by molar-refractivity contribution is 0.0750. The van der Waals surface area contributed by atoms with Crippen molar-refractivity contribution in [3.05, 3.63) is 35.4 Å². The van der Waals surface area contributed by atoms with Crippen LogP contribution >= 0.6 is 0 Å². The zero-order valence-electron chi connectivity index (χ0n) is 13.2. The Morgan fingerprint density at radius 3 is 2.57 bits per heavy atom. The number of hydrogen-bond acceptors (Lipinski definition) is 2. The molecule has 3 atom stereocenters. The number of aliphatic hydroxyl groups is 1. The van der Waals surface area contributed by atoms with E-state index in [1.54, 1.807) is 0 Å². The maximum Gasteiger partial charge on any atom is 0.254 e. The average molecular weight is 287 g/mol. The molecular formula is C18H25NO2. The molecule has 114 valence electrons. The first-order chi connectivity index (χ1) is 9.88. The summed E-state index contributed by atoms with van der Waals surface area (Å²) in [6.45, 7) is 7.94. The Morgan fingerprint density at radius 2 is 1.90 bits per heavy atom. The second-order valence-corrected chi connectivity index (χ2v) is 7.57. The molecule has 1 aliphatic carbocycles. The molecule has 0 spiro atoms. The van der Waals surface area contributed by atoms with Gasteiger partial charge in [0.2, 0.25) is 0 Å². The first kappa shape index (κ1) is 14.6. The first-order valence-electron chi connectivity index (χ1n) is 7.95. The van der Waals surface area contributed by atoms with Crippen molar-refractivity contribution in [3.8, 4) is 0 Å². The fourth-order valence-electron chi connectivity index (χ4n) is 3.90. The Morgan fingerprint density at radius 1 is 1.19 bits per heavy atom. The molecule has 2 fully saturated rings. The van der Waals surface area contributed by atoms with E-state index in [0.717, 1.165) is 30.5 Å². The Labute approximate surface area is 127 Å². The standard InChI is InChI=1S/C18H25NO2/c1-18(2,3)15-7-5-4-6-13(15)17(21)19-10-12-8-9-16(20)14(12)11-19/h4-7,12,14,16,20H,8-11H2,1-3H3. The molecule has 1 N–H and O–H groups in total. The average Bonchev–Trinajstić information content (AvgIpc) is 3.00. The molecule has 1 heterocycles. The zero-order valence-corrected chi connectivity index (χ0v) is 13.2. The van der Waals surface area contributed by atoms with Gasteiger partial charge in [-0.1, -0.05) is 39.0 Å². The summed E-state index contributed by atoms with van der Waals surface area (Å²) in [5, 5.41) is 10.0. The van der Waals surface area contributed by atoms with Crippen LogP contribution in [-0.2, 0) is 5.41 Å². The van der Waals surface area contributed by atoms with Crippen LogP contribution in [-0.4, -0.2) is 35.1 Å². The van der Waals surface area contributed by atoms with Crippen molar-refractivity contribution in [2.45, 2.75) is 45.1 Å². The Hall–Kier alpha value is -1.35. The van der Waals surface area contributed by atoms with E-state index in [2.05, 4.69) is 26.8 Å². The summed E-state index contributed by atoms with van der Waals surface area (Å²) in [6, 6.07) is 7.93. The molecule has 1 aromatic rings. The third-order valence-electron chi connectivity index (χ3n) is 5.07. The molecule has 0 bridgehead atoms. The van der Waals surface area contributed by atoms with Crippen LogP contribution in [0.25, 0.3) is 0 Å². The van der Waals surface area contributed by atoms with Crippen LogP contribution in [0, 0.1) is 11.8 Å². The van der Waals surface area contributed by atoms with E-state index in [9.17, 15) is 9.90 Å². The molecule has 3 rings (SSSR count). The van der Waals surface area contributed by atoms with Gasteiger partial charge < -0.3 is 10.0 Å². The van der Waals surface area contributed by atoms with E-state index in [1.807, 2.05) is 23.1 Å². The van der Waals surface area contributed by atoms with Gasteiger partial charge in [-0.05, 0) is 35.8 Å². The van der Waals surface area contributed by atoms with Crippen LogP contribution in [0.5, 0.6) is 0 Å². The Bertz CT molecular complexity index is 546. The first-order valence-corrected chi connectivity index (χ1v) is 7.95. The molecule has 0 aromatic heterocycles. The molecule has 3 unspecified atom stereocenters. The van der Waals surface area contributed by atoms with Crippen LogP contribution in [0.15, 0.2) is 24.3 Å². The van der Waals surface area contributed by atoms with Gasteiger partial charge in [-0.3, -0.25) is 4.79 Å². The molecule has 1 aliphatic heterocycles. The number of amides is 1. The van der Waals surface area contributed by atoms with Gasteiger partial charge in [0.15, 0.2) is 0 Å². The van der Waals surface area contributed by atoms with Crippen molar-refractivity contribution >= 4 is 5.91 Å². The lowest BCUT2D eigenvalue weighted by Crippen LogP contribution is -2.32. The highest BCUT2D eigenvalue weighted by atomic mass is 16.3. The smallest absolute Gasteiger partial charge is 0.254 e. The van der Waals surface area contributed by atoms with E-state index in [0.29, 0.717) is 12.5 Å². The minimum atomic E-state index is -0.217. The summed E-state index contributed by atoms with van der Waals surface area (Å²) in [4.78, 5) is 14.8. The van der Waals surface area contributed by atoms with Crippen molar-refractivity contribution in [1.29, 1.82) is 0 Å². The number of aliphatic hydroxyl groups excluding tert-OH is 1. The number of nitrogens with zero attached hydrogens (tertiary/aromatic N) is 1. The number of carbonyl (C=O) groups excluding carboxylic acids is 1. The van der Waals surface area contributed by atoms with Gasteiger partial charge in [0.1, 0.15) is 0 Å². The Kier molecular flexibility index (Phi) is 3.56. The summed E-state index contributed by atoms with van der Waals surface area (Å²) < 4.78 is 0. The summed E-state index contributed by atoms with van der Waals surface area (Å²) in [5.74, 6) is 0.906. The Balaban J connectivity index is 1.84. The highest BCUT2D eigenvalue weighted by Crippen LogP contribution is 2.39. The summed E-state index contributed by atoms with van der Waals surface area (Å²) >= 11 is 0. The highest BCUT2D eigenvalue weighted by molar-refractivity contribution is 5.96. The normalized spacial score (nSPS) is 28.8. The second-order valence-electron chi connectivity index (χ2n) is 7.57. The van der Waals surface area contributed by atoms with E-state index in [4.69, 9.17) is 0 Å². The van der Waals surface area contributed by atoms with Crippen molar-refractivity contribution in [3.63, 3.8) is 0 Å². The predicted molar refractivity (Wildman–Crippen MR) is 83.3 cm³/mol. The number of carbonyl (C=O) groups is 1. The molecular weight excluding hydrogens is 262 g/mol. The molecule has 3 heteroatoms. The minimum Gasteiger partial charge on any atom is -0.393 e. The fourth-order valence-corrected chi connectivity index (χ4v) is 3.90. The second kappa shape index (κ2) is 5.13. The number of benzene rings is 1. The maximum atomic E-state index is 12.9. The molecule has 1 aromatic carbocycles. The van der Waals surface area contributed by atoms with Gasteiger partial charge in [0.05, 0.1) is 6.10 Å². The van der Waals surface area contributed by atoms with Gasteiger partial charge in [0.25, 0.3) is 5.91 Å². The van der Waals surface area contributed by atoms with Crippen molar-refractivity contribution in [2.24, 2.45) is 11.8 Å². The van der Waals surface area contributed by atoms with Crippen LogP contribution < -0.4 is 0 Å². The van der Waals surface area contributed by atoms with Crippen molar-refractivity contribution in [2.75, 3.05) is 13.1 Å². The maximum absolute atomic E-state index is 12.9. The largest absolute Gasteiger partial charge is 0.393 e. The quantitative estimate of drug-likeness (QED) is 0.863. The monoisotopic (exact) mass is 287 g/mol. The van der Waals surface area contributed by atoms with Crippen LogP contribution in [0.1, 0.15) is 49.5 Å². The van der Waals surface area contributed by atoms with Crippen molar-refractivity contribution < 1.29 is 9.90 Å².